The third-order valence-corrected chi connectivity index (χ3v) is 11.2. The van der Waals surface area contributed by atoms with Gasteiger partial charge in [-0.15, -0.1) is 0 Å². The van der Waals surface area contributed by atoms with Crippen molar-refractivity contribution in [1.82, 2.24) is 0 Å². The van der Waals surface area contributed by atoms with Gasteiger partial charge in [-0.3, -0.25) is 4.79 Å². The van der Waals surface area contributed by atoms with Crippen molar-refractivity contribution in [1.29, 1.82) is 0 Å². The van der Waals surface area contributed by atoms with Crippen LogP contribution < -0.4 is 0 Å². The van der Waals surface area contributed by atoms with E-state index in [1.165, 1.54) is 38.5 Å². The lowest BCUT2D eigenvalue weighted by molar-refractivity contribution is -0.160. The first-order valence-corrected chi connectivity index (χ1v) is 13.8. The van der Waals surface area contributed by atoms with Gasteiger partial charge >= 0.3 is 5.97 Å². The zero-order valence-electron chi connectivity index (χ0n) is 21.9. The van der Waals surface area contributed by atoms with E-state index in [1.807, 2.05) is 0 Å². The van der Waals surface area contributed by atoms with E-state index in [2.05, 4.69) is 53.7 Å². The fraction of sp³-hybridized carbons (Fsp3) is 0.833. The number of rotatable bonds is 6. The van der Waals surface area contributed by atoms with Crippen molar-refractivity contribution in [2.75, 3.05) is 0 Å². The standard InChI is InChI=1S/C30H48O3/c1-7-20(18(2)3)9-8-19(4)22-12-13-23-21-10-11-25-27(28(32)33)26(31)15-17-30(25,6)24(21)14-16-29(22,23)5/h7,10,18-19,22-27,31H,8-9,11-17H2,1-6H3,(H,32,33). The highest BCUT2D eigenvalue weighted by Gasteiger charge is 2.60. The van der Waals surface area contributed by atoms with Crippen LogP contribution in [0.25, 0.3) is 0 Å². The summed E-state index contributed by atoms with van der Waals surface area (Å²) in [7, 11) is 0. The predicted octanol–water partition coefficient (Wildman–Crippen LogP) is 7.26. The Morgan fingerprint density at radius 3 is 2.39 bits per heavy atom. The highest BCUT2D eigenvalue weighted by Crippen LogP contribution is 2.67. The molecule has 4 rings (SSSR count). The van der Waals surface area contributed by atoms with Crippen LogP contribution in [0.4, 0.5) is 0 Å². The van der Waals surface area contributed by atoms with Crippen LogP contribution in [0, 0.1) is 52.3 Å². The third-order valence-electron chi connectivity index (χ3n) is 11.2. The second-order valence-corrected chi connectivity index (χ2v) is 12.9. The van der Waals surface area contributed by atoms with Gasteiger partial charge in [0.1, 0.15) is 0 Å². The summed E-state index contributed by atoms with van der Waals surface area (Å²) in [6.07, 6.45) is 14.2. The van der Waals surface area contributed by atoms with Gasteiger partial charge in [-0.05, 0) is 111 Å². The van der Waals surface area contributed by atoms with E-state index in [1.54, 1.807) is 11.1 Å². The molecule has 3 saturated carbocycles. The summed E-state index contributed by atoms with van der Waals surface area (Å²) >= 11 is 0. The number of hydrogen-bond donors (Lipinski definition) is 2. The van der Waals surface area contributed by atoms with Crippen molar-refractivity contribution in [3.63, 3.8) is 0 Å². The Morgan fingerprint density at radius 1 is 1.09 bits per heavy atom. The number of fused-ring (bicyclic) bond motifs is 5. The SMILES string of the molecule is CC=C(CCC(C)C1CCC2C3=CCC4C(C(=O)O)C(O)CCC4(C)C3CCC21C)C(C)C. The van der Waals surface area contributed by atoms with Gasteiger partial charge in [0.2, 0.25) is 0 Å². The Kier molecular flexibility index (Phi) is 6.95. The van der Waals surface area contributed by atoms with Gasteiger partial charge in [0.15, 0.2) is 0 Å². The van der Waals surface area contributed by atoms with Gasteiger partial charge in [0.25, 0.3) is 0 Å². The van der Waals surface area contributed by atoms with Gasteiger partial charge in [0, 0.05) is 0 Å². The van der Waals surface area contributed by atoms with Gasteiger partial charge in [0.05, 0.1) is 12.0 Å². The number of allylic oxidation sites excluding steroid dienone is 4. The zero-order valence-corrected chi connectivity index (χ0v) is 21.9. The monoisotopic (exact) mass is 456 g/mol. The molecule has 0 heterocycles. The lowest BCUT2D eigenvalue weighted by Gasteiger charge is -2.59. The van der Waals surface area contributed by atoms with E-state index in [4.69, 9.17) is 0 Å². The van der Waals surface area contributed by atoms with Crippen LogP contribution in [-0.2, 0) is 4.79 Å². The van der Waals surface area contributed by atoms with E-state index in [9.17, 15) is 15.0 Å². The van der Waals surface area contributed by atoms with E-state index in [-0.39, 0.29) is 11.3 Å². The summed E-state index contributed by atoms with van der Waals surface area (Å²) in [4.78, 5) is 12.1. The average Bonchev–Trinajstić information content (AvgIpc) is 3.11. The Balaban J connectivity index is 1.54. The van der Waals surface area contributed by atoms with Crippen molar-refractivity contribution < 1.29 is 15.0 Å². The fourth-order valence-electron chi connectivity index (χ4n) is 9.28. The topological polar surface area (TPSA) is 57.5 Å². The minimum absolute atomic E-state index is 0.0233. The molecular weight excluding hydrogens is 408 g/mol. The van der Waals surface area contributed by atoms with Gasteiger partial charge in [-0.25, -0.2) is 0 Å². The Morgan fingerprint density at radius 2 is 1.76 bits per heavy atom. The fourth-order valence-corrected chi connectivity index (χ4v) is 9.28. The number of aliphatic hydroxyl groups excluding tert-OH is 1. The number of carboxylic acids is 1. The molecule has 0 aliphatic heterocycles. The lowest BCUT2D eigenvalue weighted by Crippen LogP contribution is -2.54. The molecule has 9 atom stereocenters. The predicted molar refractivity (Wildman–Crippen MR) is 135 cm³/mol. The van der Waals surface area contributed by atoms with Crippen LogP contribution in [0.1, 0.15) is 99.3 Å². The molecule has 0 radical (unpaired) electrons. The normalized spacial score (nSPS) is 44.0. The number of carboxylic acid groups (broad SMARTS) is 1. The van der Waals surface area contributed by atoms with Crippen LogP contribution in [0.3, 0.4) is 0 Å². The molecule has 3 fully saturated rings. The van der Waals surface area contributed by atoms with Gasteiger partial charge in [-0.1, -0.05) is 57.9 Å². The van der Waals surface area contributed by atoms with Crippen LogP contribution in [0.15, 0.2) is 23.3 Å². The molecule has 9 unspecified atom stereocenters. The van der Waals surface area contributed by atoms with E-state index in [0.717, 1.165) is 24.7 Å². The molecule has 0 aromatic carbocycles. The van der Waals surface area contributed by atoms with Gasteiger partial charge < -0.3 is 10.2 Å². The molecule has 186 valence electrons. The maximum atomic E-state index is 12.1. The van der Waals surface area contributed by atoms with Gasteiger partial charge in [-0.2, -0.15) is 0 Å². The summed E-state index contributed by atoms with van der Waals surface area (Å²) in [6.45, 7) is 14.3. The van der Waals surface area contributed by atoms with Crippen LogP contribution >= 0.6 is 0 Å². The molecule has 0 aromatic heterocycles. The maximum Gasteiger partial charge on any atom is 0.309 e. The first kappa shape index (κ1) is 25.0. The zero-order chi connectivity index (χ0) is 24.1. The third kappa shape index (κ3) is 4.05. The smallest absolute Gasteiger partial charge is 0.309 e. The number of hydrogen-bond acceptors (Lipinski definition) is 2. The van der Waals surface area contributed by atoms with Crippen molar-refractivity contribution in [2.45, 2.75) is 105 Å². The molecular formula is C30H48O3. The quantitative estimate of drug-likeness (QED) is 0.414. The summed E-state index contributed by atoms with van der Waals surface area (Å²) in [5, 5.41) is 20.4. The minimum atomic E-state index is -0.799. The highest BCUT2D eigenvalue weighted by molar-refractivity contribution is 5.71. The average molecular weight is 457 g/mol. The minimum Gasteiger partial charge on any atom is -0.481 e. The van der Waals surface area contributed by atoms with Crippen molar-refractivity contribution in [2.24, 2.45) is 52.3 Å². The molecule has 0 aromatic rings. The number of aliphatic hydroxyl groups is 1. The summed E-state index contributed by atoms with van der Waals surface area (Å²) in [5.74, 6) is 2.04. The second-order valence-electron chi connectivity index (χ2n) is 12.9. The molecule has 0 bridgehead atoms. The molecule has 33 heavy (non-hydrogen) atoms. The first-order valence-electron chi connectivity index (χ1n) is 13.8. The summed E-state index contributed by atoms with van der Waals surface area (Å²) < 4.78 is 0. The first-order chi connectivity index (χ1) is 15.5. The van der Waals surface area contributed by atoms with Crippen LogP contribution in [0.2, 0.25) is 0 Å². The Bertz CT molecular complexity index is 809. The van der Waals surface area contributed by atoms with Crippen molar-refractivity contribution in [3.8, 4) is 0 Å². The van der Waals surface area contributed by atoms with E-state index >= 15 is 0 Å². The lowest BCUT2D eigenvalue weighted by atomic mass is 9.46. The maximum absolute atomic E-state index is 12.1. The number of carbonyl (C=O) groups is 1. The highest BCUT2D eigenvalue weighted by atomic mass is 16.4. The van der Waals surface area contributed by atoms with Crippen molar-refractivity contribution in [3.05, 3.63) is 23.3 Å². The molecule has 0 spiro atoms. The molecule has 4 aliphatic carbocycles. The molecule has 3 heteroatoms. The Hall–Kier alpha value is -1.09. The molecule has 0 amide bonds. The second kappa shape index (κ2) is 9.17. The summed E-state index contributed by atoms with van der Waals surface area (Å²) in [5.41, 5.74) is 3.69. The molecule has 0 saturated heterocycles. The summed E-state index contributed by atoms with van der Waals surface area (Å²) in [6, 6.07) is 0. The van der Waals surface area contributed by atoms with E-state index < -0.39 is 18.0 Å². The molecule has 3 nitrogen and oxygen atoms in total. The van der Waals surface area contributed by atoms with Crippen molar-refractivity contribution >= 4 is 5.97 Å². The van der Waals surface area contributed by atoms with E-state index in [0.29, 0.717) is 29.6 Å². The largest absolute Gasteiger partial charge is 0.481 e. The number of aliphatic carboxylic acids is 1. The van der Waals surface area contributed by atoms with Crippen LogP contribution in [0.5, 0.6) is 0 Å². The Labute approximate surface area is 202 Å². The molecule has 2 N–H and O–H groups in total. The molecule has 4 aliphatic rings. The van der Waals surface area contributed by atoms with Crippen LogP contribution in [-0.4, -0.2) is 22.3 Å².